The molecule has 1 N–H and O–H groups in total. The normalized spacial score (nSPS) is 13.6. The van der Waals surface area contributed by atoms with Crippen molar-refractivity contribution in [2.45, 2.75) is 58.5 Å². The van der Waals surface area contributed by atoms with Gasteiger partial charge < -0.3 is 5.32 Å². The van der Waals surface area contributed by atoms with Crippen molar-refractivity contribution >= 4 is 17.5 Å². The van der Waals surface area contributed by atoms with Crippen molar-refractivity contribution in [1.29, 1.82) is 0 Å². The molecule has 0 aliphatic rings. The molecule has 0 saturated carbocycles. The van der Waals surface area contributed by atoms with Gasteiger partial charge in [-0.25, -0.2) is 9.07 Å². The van der Waals surface area contributed by atoms with E-state index in [1.54, 1.807) is 32.9 Å². The molecule has 1 atom stereocenters. The molecule has 1 aromatic carbocycles. The number of tetrazole rings is 1. The average Bonchev–Trinajstić information content (AvgIpc) is 2.98. The van der Waals surface area contributed by atoms with Crippen molar-refractivity contribution in [1.82, 2.24) is 25.5 Å². The Labute approximate surface area is 151 Å². The first-order valence-electron chi connectivity index (χ1n) is 8.00. The molecule has 0 spiro atoms. The first-order chi connectivity index (χ1) is 11.4. The predicted molar refractivity (Wildman–Crippen MR) is 93.8 cm³/mol. The first-order valence-corrected chi connectivity index (χ1v) is 8.38. The minimum atomic E-state index is -0.948. The summed E-state index contributed by atoms with van der Waals surface area (Å²) in [6.45, 7) is 11.0. The van der Waals surface area contributed by atoms with E-state index in [0.29, 0.717) is 11.4 Å². The van der Waals surface area contributed by atoms with Gasteiger partial charge in [0.25, 0.3) is 0 Å². The molecule has 0 aliphatic carbocycles. The molecule has 1 heterocycles. The number of amides is 1. The number of hydrogen-bond donors (Lipinski definition) is 1. The highest BCUT2D eigenvalue weighted by atomic mass is 35.5. The molecule has 2 aromatic rings. The number of rotatable bonds is 4. The van der Waals surface area contributed by atoms with E-state index in [-0.39, 0.29) is 16.3 Å². The van der Waals surface area contributed by atoms with Crippen LogP contribution in [0.25, 0.3) is 0 Å². The fourth-order valence-corrected chi connectivity index (χ4v) is 2.70. The van der Waals surface area contributed by atoms with Gasteiger partial charge in [0.2, 0.25) is 5.91 Å². The van der Waals surface area contributed by atoms with E-state index in [0.717, 1.165) is 0 Å². The van der Waals surface area contributed by atoms with Gasteiger partial charge in [0.15, 0.2) is 5.82 Å². The summed E-state index contributed by atoms with van der Waals surface area (Å²) in [6, 6.07) is 4.07. The standard InChI is InChI=1S/C17H23ClFN5O/c1-10(24-15(16(2,3)4)21-22-23-24)14(25)20-17(5,6)11-8-7-9-12(18)13(11)19/h7-10H,1-6H3,(H,20,25). The van der Waals surface area contributed by atoms with Gasteiger partial charge in [-0.2, -0.15) is 0 Å². The maximum absolute atomic E-state index is 14.3. The van der Waals surface area contributed by atoms with Gasteiger partial charge in [-0.15, -0.1) is 5.10 Å². The van der Waals surface area contributed by atoms with Gasteiger partial charge in [0.1, 0.15) is 11.9 Å². The molecule has 0 aliphatic heterocycles. The molecule has 6 nitrogen and oxygen atoms in total. The van der Waals surface area contributed by atoms with E-state index in [1.807, 2.05) is 20.8 Å². The third kappa shape index (κ3) is 3.98. The number of halogens is 2. The van der Waals surface area contributed by atoms with Crippen LogP contribution in [0, 0.1) is 5.82 Å². The Bertz CT molecular complexity index is 782. The topological polar surface area (TPSA) is 72.7 Å². The van der Waals surface area contributed by atoms with Gasteiger partial charge >= 0.3 is 0 Å². The second-order valence-corrected chi connectivity index (χ2v) is 8.00. The fourth-order valence-electron chi connectivity index (χ4n) is 2.53. The number of carbonyl (C=O) groups is 1. The summed E-state index contributed by atoms with van der Waals surface area (Å²) in [5.74, 6) is -0.260. The lowest BCUT2D eigenvalue weighted by Crippen LogP contribution is -2.45. The quantitative estimate of drug-likeness (QED) is 0.899. The maximum atomic E-state index is 14.3. The van der Waals surface area contributed by atoms with Gasteiger partial charge in [-0.05, 0) is 37.3 Å². The third-order valence-corrected chi connectivity index (χ3v) is 4.26. The molecule has 1 amide bonds. The van der Waals surface area contributed by atoms with E-state index in [4.69, 9.17) is 11.6 Å². The fraction of sp³-hybridized carbons (Fsp3) is 0.529. The Morgan fingerprint density at radius 2 is 1.92 bits per heavy atom. The SMILES string of the molecule is CC(C(=O)NC(C)(C)c1cccc(Cl)c1F)n1nnnc1C(C)(C)C. The van der Waals surface area contributed by atoms with E-state index in [9.17, 15) is 9.18 Å². The van der Waals surface area contributed by atoms with E-state index >= 15 is 0 Å². The summed E-state index contributed by atoms with van der Waals surface area (Å²) in [5.41, 5.74) is -0.948. The van der Waals surface area contributed by atoms with Crippen molar-refractivity contribution in [2.24, 2.45) is 0 Å². The number of nitrogens with one attached hydrogen (secondary N) is 1. The van der Waals surface area contributed by atoms with E-state index < -0.39 is 17.4 Å². The van der Waals surface area contributed by atoms with Crippen LogP contribution in [0.4, 0.5) is 4.39 Å². The molecule has 0 saturated heterocycles. The highest BCUT2D eigenvalue weighted by Crippen LogP contribution is 2.28. The average molecular weight is 368 g/mol. The van der Waals surface area contributed by atoms with Gasteiger partial charge in [-0.3, -0.25) is 4.79 Å². The maximum Gasteiger partial charge on any atom is 0.245 e. The lowest BCUT2D eigenvalue weighted by Gasteiger charge is -2.29. The van der Waals surface area contributed by atoms with Crippen LogP contribution in [0.15, 0.2) is 18.2 Å². The summed E-state index contributed by atoms with van der Waals surface area (Å²) in [6.07, 6.45) is 0. The second-order valence-electron chi connectivity index (χ2n) is 7.59. The predicted octanol–water partition coefficient (Wildman–Crippen LogP) is 3.38. The zero-order valence-electron chi connectivity index (χ0n) is 15.3. The second kappa shape index (κ2) is 6.71. The van der Waals surface area contributed by atoms with Crippen molar-refractivity contribution in [3.63, 3.8) is 0 Å². The zero-order valence-corrected chi connectivity index (χ0v) is 16.0. The lowest BCUT2D eigenvalue weighted by molar-refractivity contribution is -0.126. The molecule has 136 valence electrons. The number of carbonyl (C=O) groups excluding carboxylic acids is 1. The minimum absolute atomic E-state index is 0.0170. The van der Waals surface area contributed by atoms with Crippen molar-refractivity contribution in [2.75, 3.05) is 0 Å². The molecule has 25 heavy (non-hydrogen) atoms. The van der Waals surface area contributed by atoms with Gasteiger partial charge in [0.05, 0.1) is 10.6 Å². The van der Waals surface area contributed by atoms with E-state index in [1.165, 1.54) is 10.7 Å². The van der Waals surface area contributed by atoms with Crippen LogP contribution in [0.3, 0.4) is 0 Å². The molecule has 1 unspecified atom stereocenters. The molecule has 0 bridgehead atoms. The van der Waals surface area contributed by atoms with E-state index in [2.05, 4.69) is 20.8 Å². The summed E-state index contributed by atoms with van der Waals surface area (Å²) < 4.78 is 15.8. The molecular weight excluding hydrogens is 345 g/mol. The number of benzene rings is 1. The number of nitrogens with zero attached hydrogens (tertiary/aromatic N) is 4. The highest BCUT2D eigenvalue weighted by molar-refractivity contribution is 6.30. The zero-order chi connectivity index (χ0) is 19.0. The van der Waals surface area contributed by atoms with Crippen LogP contribution < -0.4 is 5.32 Å². The molecule has 0 radical (unpaired) electrons. The largest absolute Gasteiger partial charge is 0.345 e. The van der Waals surface area contributed by atoms with Crippen LogP contribution in [0.5, 0.6) is 0 Å². The Morgan fingerprint density at radius 1 is 1.28 bits per heavy atom. The summed E-state index contributed by atoms with van der Waals surface area (Å²) in [5, 5.41) is 14.5. The summed E-state index contributed by atoms with van der Waals surface area (Å²) in [4.78, 5) is 12.7. The molecule has 0 fully saturated rings. The molecule has 2 rings (SSSR count). The summed E-state index contributed by atoms with van der Waals surface area (Å²) >= 11 is 5.85. The monoisotopic (exact) mass is 367 g/mol. The number of hydrogen-bond acceptors (Lipinski definition) is 4. The van der Waals surface area contributed by atoms with Gasteiger partial charge in [0, 0.05) is 11.0 Å². The Hall–Kier alpha value is -2.02. The molecule has 8 heteroatoms. The van der Waals surface area contributed by atoms with Crippen LogP contribution in [0.1, 0.15) is 59.0 Å². The summed E-state index contributed by atoms with van der Waals surface area (Å²) in [7, 11) is 0. The minimum Gasteiger partial charge on any atom is -0.345 e. The number of aromatic nitrogens is 4. The van der Waals surface area contributed by atoms with Crippen molar-refractivity contribution in [3.8, 4) is 0 Å². The molecular formula is C17H23ClFN5O. The van der Waals surface area contributed by atoms with Crippen molar-refractivity contribution < 1.29 is 9.18 Å². The third-order valence-electron chi connectivity index (χ3n) is 3.97. The van der Waals surface area contributed by atoms with Crippen LogP contribution in [0.2, 0.25) is 5.02 Å². The van der Waals surface area contributed by atoms with Crippen LogP contribution in [-0.2, 0) is 15.7 Å². The Morgan fingerprint density at radius 3 is 2.52 bits per heavy atom. The highest BCUT2D eigenvalue weighted by Gasteiger charge is 2.32. The molecule has 1 aromatic heterocycles. The smallest absolute Gasteiger partial charge is 0.245 e. The van der Waals surface area contributed by atoms with Gasteiger partial charge in [-0.1, -0.05) is 44.5 Å². The van der Waals surface area contributed by atoms with Crippen LogP contribution in [-0.4, -0.2) is 26.1 Å². The first kappa shape index (κ1) is 19.3. The van der Waals surface area contributed by atoms with Crippen LogP contribution >= 0.6 is 11.6 Å². The Kier molecular flexibility index (Phi) is 5.18. The lowest BCUT2D eigenvalue weighted by atomic mass is 9.93. The Balaban J connectivity index is 2.27. The van der Waals surface area contributed by atoms with Crippen molar-refractivity contribution in [3.05, 3.63) is 40.4 Å².